The van der Waals surface area contributed by atoms with Crippen LogP contribution in [0.5, 0.6) is 23.0 Å². The number of benzene rings is 3. The summed E-state index contributed by atoms with van der Waals surface area (Å²) in [6.45, 7) is 16.2. The van der Waals surface area contributed by atoms with E-state index in [0.29, 0.717) is 59.9 Å². The molecule has 240 valence electrons. The van der Waals surface area contributed by atoms with Gasteiger partial charge in [0.1, 0.15) is 6.61 Å². The van der Waals surface area contributed by atoms with E-state index in [4.69, 9.17) is 23.4 Å². The molecule has 44 heavy (non-hydrogen) atoms. The summed E-state index contributed by atoms with van der Waals surface area (Å²) in [7, 11) is 1.10. The summed E-state index contributed by atoms with van der Waals surface area (Å²) >= 11 is 0. The Morgan fingerprint density at radius 2 is 1.27 bits per heavy atom. The number of hydrogen-bond donors (Lipinski definition) is 1. The van der Waals surface area contributed by atoms with Gasteiger partial charge in [-0.05, 0) is 75.1 Å². The highest BCUT2D eigenvalue weighted by molar-refractivity contribution is 6.77. The summed E-state index contributed by atoms with van der Waals surface area (Å²) in [5.74, 6) is 1.25. The minimum absolute atomic E-state index is 0.0385. The number of ether oxygens (including phenoxy) is 4. The number of carbonyl (C=O) groups excluding carboxylic acids is 1. The number of methoxy groups -OCH3 is 2. The zero-order valence-electron chi connectivity index (χ0n) is 27.9. The zero-order valence-corrected chi connectivity index (χ0v) is 28.9. The van der Waals surface area contributed by atoms with Crippen LogP contribution in [-0.4, -0.2) is 46.8 Å². The fourth-order valence-electron chi connectivity index (χ4n) is 6.44. The van der Waals surface area contributed by atoms with Gasteiger partial charge in [-0.15, -0.1) is 0 Å². The van der Waals surface area contributed by atoms with Crippen molar-refractivity contribution < 1.29 is 33.3 Å². The highest BCUT2D eigenvalue weighted by atomic mass is 28.4. The maximum absolute atomic E-state index is 11.5. The third-order valence-electron chi connectivity index (χ3n) is 8.43. The minimum atomic E-state index is -2.09. The van der Waals surface area contributed by atoms with Crippen molar-refractivity contribution in [1.29, 1.82) is 0 Å². The Kier molecular flexibility index (Phi) is 12.7. The van der Waals surface area contributed by atoms with Crippen LogP contribution in [0.15, 0.2) is 54.6 Å². The molecule has 0 aliphatic rings. The maximum atomic E-state index is 11.5. The van der Waals surface area contributed by atoms with Crippen molar-refractivity contribution in [3.63, 3.8) is 0 Å². The predicted octanol–water partition coefficient (Wildman–Crippen LogP) is 8.50. The second-order valence-corrected chi connectivity index (χ2v) is 17.6. The van der Waals surface area contributed by atoms with Gasteiger partial charge in [0.15, 0.2) is 31.3 Å². The first kappa shape index (κ1) is 35.0. The van der Waals surface area contributed by atoms with Gasteiger partial charge < -0.3 is 28.5 Å². The van der Waals surface area contributed by atoms with Crippen LogP contribution in [0.25, 0.3) is 11.1 Å². The second kappa shape index (κ2) is 16.0. The molecule has 8 heteroatoms. The predicted molar refractivity (Wildman–Crippen MR) is 178 cm³/mol. The Labute approximate surface area is 264 Å². The van der Waals surface area contributed by atoms with Crippen molar-refractivity contribution in [2.24, 2.45) is 0 Å². The molecule has 0 atom stereocenters. The zero-order chi connectivity index (χ0) is 32.4. The van der Waals surface area contributed by atoms with Crippen LogP contribution in [-0.2, 0) is 33.4 Å². The van der Waals surface area contributed by atoms with Gasteiger partial charge in [-0.3, -0.25) is 4.79 Å². The molecule has 0 radical (unpaired) electrons. The molecular weight excluding hydrogens is 572 g/mol. The second-order valence-electron chi connectivity index (χ2n) is 12.1. The third kappa shape index (κ3) is 8.36. The van der Waals surface area contributed by atoms with Crippen molar-refractivity contribution in [3.8, 4) is 34.1 Å². The molecule has 3 rings (SSSR count). The lowest BCUT2D eigenvalue weighted by Gasteiger charge is -2.42. The highest BCUT2D eigenvalue weighted by Gasteiger charge is 2.44. The van der Waals surface area contributed by atoms with E-state index in [1.807, 2.05) is 48.5 Å². The average molecular weight is 623 g/mol. The highest BCUT2D eigenvalue weighted by Crippen LogP contribution is 2.44. The summed E-state index contributed by atoms with van der Waals surface area (Å²) in [5.41, 5.74) is 5.97. The molecular formula is C36H50O7Si. The van der Waals surface area contributed by atoms with Crippen molar-refractivity contribution >= 4 is 14.3 Å². The van der Waals surface area contributed by atoms with E-state index >= 15 is 0 Å². The third-order valence-corrected chi connectivity index (χ3v) is 14.5. The summed E-state index contributed by atoms with van der Waals surface area (Å²) in [5, 5.41) is 11.2. The first-order chi connectivity index (χ1) is 20.9. The van der Waals surface area contributed by atoms with Gasteiger partial charge in [0.25, 0.3) is 0 Å². The van der Waals surface area contributed by atoms with Crippen molar-refractivity contribution in [2.45, 2.75) is 84.5 Å². The number of esters is 1. The average Bonchev–Trinajstić information content (AvgIpc) is 2.98. The normalized spacial score (nSPS) is 11.7. The molecule has 0 heterocycles. The first-order valence-corrected chi connectivity index (χ1v) is 17.6. The van der Waals surface area contributed by atoms with Crippen LogP contribution >= 0.6 is 0 Å². The van der Waals surface area contributed by atoms with Crippen LogP contribution in [0.3, 0.4) is 0 Å². The van der Waals surface area contributed by atoms with Gasteiger partial charge in [0.2, 0.25) is 0 Å². The summed E-state index contributed by atoms with van der Waals surface area (Å²) in [6, 6.07) is 17.4. The Hall–Kier alpha value is -3.49. The molecule has 0 saturated carbocycles. The van der Waals surface area contributed by atoms with Gasteiger partial charge >= 0.3 is 5.97 Å². The quantitative estimate of drug-likeness (QED) is 0.127. The van der Waals surface area contributed by atoms with E-state index in [1.165, 1.54) is 6.92 Å². The standard InChI is InChI=1S/C36H50O7Si/c1-24(2)44(25(3)4,26(5)6)43-18-16-30-19-34(42-23-28-13-11-10-12-14-28)33(38)21-31(30)32-22-36(40-9)35(39-8)20-29(32)15-17-41-27(7)37/h10-14,19-22,24-26,38H,15-18,23H2,1-9H3. The molecule has 0 saturated heterocycles. The molecule has 0 amide bonds. The SMILES string of the molecule is COc1cc(CCOC(C)=O)c(-c2cc(O)c(OCc3ccccc3)cc2CCO[Si](C(C)C)(C(C)C)C(C)C)cc1OC. The molecule has 0 aliphatic carbocycles. The van der Waals surface area contributed by atoms with E-state index in [1.54, 1.807) is 20.3 Å². The van der Waals surface area contributed by atoms with E-state index < -0.39 is 8.32 Å². The smallest absolute Gasteiger partial charge is 0.302 e. The summed E-state index contributed by atoms with van der Waals surface area (Å²) < 4.78 is 29.6. The largest absolute Gasteiger partial charge is 0.504 e. The van der Waals surface area contributed by atoms with Gasteiger partial charge in [-0.25, -0.2) is 0 Å². The lowest BCUT2D eigenvalue weighted by Crippen LogP contribution is -2.48. The summed E-state index contributed by atoms with van der Waals surface area (Å²) in [4.78, 5) is 11.5. The molecule has 0 aromatic heterocycles. The molecule has 1 N–H and O–H groups in total. The first-order valence-electron chi connectivity index (χ1n) is 15.5. The molecule has 0 bridgehead atoms. The molecule has 7 nitrogen and oxygen atoms in total. The molecule has 0 unspecified atom stereocenters. The number of hydrogen-bond acceptors (Lipinski definition) is 7. The lowest BCUT2D eigenvalue weighted by molar-refractivity contribution is -0.140. The topological polar surface area (TPSA) is 83.5 Å². The Bertz CT molecular complexity index is 1350. The summed E-state index contributed by atoms with van der Waals surface area (Å²) in [6.07, 6.45) is 1.08. The fraction of sp³-hybridized carbons (Fsp3) is 0.472. The van der Waals surface area contributed by atoms with Gasteiger partial charge in [-0.2, -0.15) is 0 Å². The number of phenolic OH excluding ortho intramolecular Hbond substituents is 1. The van der Waals surface area contributed by atoms with Crippen molar-refractivity contribution in [2.75, 3.05) is 27.4 Å². The van der Waals surface area contributed by atoms with Gasteiger partial charge in [0.05, 0.1) is 20.8 Å². The minimum Gasteiger partial charge on any atom is -0.504 e. The Morgan fingerprint density at radius 3 is 1.82 bits per heavy atom. The van der Waals surface area contributed by atoms with Crippen molar-refractivity contribution in [3.05, 3.63) is 71.3 Å². The monoisotopic (exact) mass is 622 g/mol. The molecule has 3 aromatic carbocycles. The number of carbonyl (C=O) groups is 1. The number of rotatable bonds is 16. The fourth-order valence-corrected chi connectivity index (χ4v) is 11.9. The van der Waals surface area contributed by atoms with Crippen LogP contribution < -0.4 is 14.2 Å². The van der Waals surface area contributed by atoms with Crippen molar-refractivity contribution in [1.82, 2.24) is 0 Å². The molecule has 0 aliphatic heterocycles. The van der Waals surface area contributed by atoms with Crippen LogP contribution in [0.4, 0.5) is 0 Å². The van der Waals surface area contributed by atoms with E-state index in [0.717, 1.165) is 27.8 Å². The van der Waals surface area contributed by atoms with Crippen LogP contribution in [0.2, 0.25) is 16.6 Å². The van der Waals surface area contributed by atoms with E-state index in [2.05, 4.69) is 41.5 Å². The Balaban J connectivity index is 2.10. The lowest BCUT2D eigenvalue weighted by atomic mass is 9.91. The van der Waals surface area contributed by atoms with E-state index in [9.17, 15) is 9.90 Å². The van der Waals surface area contributed by atoms with Gasteiger partial charge in [-0.1, -0.05) is 71.9 Å². The number of phenols is 1. The van der Waals surface area contributed by atoms with E-state index in [-0.39, 0.29) is 18.3 Å². The van der Waals surface area contributed by atoms with Crippen LogP contribution in [0, 0.1) is 0 Å². The maximum Gasteiger partial charge on any atom is 0.302 e. The Morgan fingerprint density at radius 1 is 0.750 bits per heavy atom. The molecule has 0 spiro atoms. The molecule has 0 fully saturated rings. The van der Waals surface area contributed by atoms with Crippen LogP contribution in [0.1, 0.15) is 65.2 Å². The number of aromatic hydroxyl groups is 1. The van der Waals surface area contributed by atoms with Gasteiger partial charge in [0, 0.05) is 20.0 Å². The molecule has 3 aromatic rings.